The predicted octanol–water partition coefficient (Wildman–Crippen LogP) is 2.57. The molecular weight excluding hydrogens is 276 g/mol. The van der Waals surface area contributed by atoms with Crippen molar-refractivity contribution in [2.75, 3.05) is 13.1 Å². The third-order valence-electron chi connectivity index (χ3n) is 5.00. The highest BCUT2D eigenvalue weighted by Crippen LogP contribution is 2.28. The number of hydrogen-bond donors (Lipinski definition) is 1. The van der Waals surface area contributed by atoms with Crippen LogP contribution in [-0.4, -0.2) is 36.0 Å². The van der Waals surface area contributed by atoms with Crippen LogP contribution in [0.3, 0.4) is 0 Å². The van der Waals surface area contributed by atoms with Crippen molar-refractivity contribution in [2.24, 2.45) is 11.7 Å². The van der Waals surface area contributed by atoms with Gasteiger partial charge in [0, 0.05) is 38.4 Å². The number of benzene rings is 1. The maximum atomic E-state index is 12.4. The monoisotopic (exact) mass is 302 g/mol. The summed E-state index contributed by atoms with van der Waals surface area (Å²) in [7, 11) is 0. The van der Waals surface area contributed by atoms with Gasteiger partial charge in [0.2, 0.25) is 5.91 Å². The zero-order chi connectivity index (χ0) is 15.4. The summed E-state index contributed by atoms with van der Waals surface area (Å²) in [4.78, 5) is 14.4. The summed E-state index contributed by atoms with van der Waals surface area (Å²) in [5.74, 6) is 1.59. The molecule has 4 heteroatoms. The summed E-state index contributed by atoms with van der Waals surface area (Å²) in [6.07, 6.45) is 6.04. The lowest BCUT2D eigenvalue weighted by Crippen LogP contribution is -2.43. The number of piperidine rings is 1. The Kier molecular flexibility index (Phi) is 4.98. The largest absolute Gasteiger partial charge is 0.490 e. The van der Waals surface area contributed by atoms with Gasteiger partial charge in [-0.15, -0.1) is 0 Å². The van der Waals surface area contributed by atoms with Crippen LogP contribution in [0.1, 0.15) is 38.5 Å². The van der Waals surface area contributed by atoms with Gasteiger partial charge in [0.15, 0.2) is 0 Å². The van der Waals surface area contributed by atoms with E-state index in [1.165, 1.54) is 6.42 Å². The number of carbonyl (C=O) groups is 1. The molecule has 1 aromatic carbocycles. The summed E-state index contributed by atoms with van der Waals surface area (Å²) in [5.41, 5.74) is 6.07. The molecule has 0 spiro atoms. The fourth-order valence-corrected chi connectivity index (χ4v) is 3.59. The molecule has 2 atom stereocenters. The molecule has 0 unspecified atom stereocenters. The second-order valence-corrected chi connectivity index (χ2v) is 6.57. The van der Waals surface area contributed by atoms with Crippen LogP contribution in [0.4, 0.5) is 0 Å². The van der Waals surface area contributed by atoms with Gasteiger partial charge in [-0.1, -0.05) is 24.6 Å². The molecule has 4 nitrogen and oxygen atoms in total. The molecule has 1 saturated heterocycles. The van der Waals surface area contributed by atoms with Crippen LogP contribution in [-0.2, 0) is 4.79 Å². The summed E-state index contributed by atoms with van der Waals surface area (Å²) >= 11 is 0. The quantitative estimate of drug-likeness (QED) is 0.930. The lowest BCUT2D eigenvalue weighted by molar-refractivity contribution is -0.134. The van der Waals surface area contributed by atoms with E-state index in [2.05, 4.69) is 0 Å². The molecule has 0 radical (unpaired) electrons. The Hall–Kier alpha value is -1.55. The molecule has 1 aliphatic carbocycles. The number of ether oxygens (including phenoxy) is 1. The first-order chi connectivity index (χ1) is 10.7. The number of rotatable bonds is 4. The zero-order valence-corrected chi connectivity index (χ0v) is 13.1. The fraction of sp³-hybridized carbons (Fsp3) is 0.611. The highest BCUT2D eigenvalue weighted by Gasteiger charge is 2.30. The lowest BCUT2D eigenvalue weighted by atomic mass is 9.98. The van der Waals surface area contributed by atoms with Crippen molar-refractivity contribution in [2.45, 2.75) is 50.7 Å². The van der Waals surface area contributed by atoms with E-state index in [1.54, 1.807) is 0 Å². The highest BCUT2D eigenvalue weighted by molar-refractivity contribution is 5.76. The number of para-hydroxylation sites is 1. The molecule has 0 bridgehead atoms. The van der Waals surface area contributed by atoms with Crippen LogP contribution in [0.2, 0.25) is 0 Å². The first-order valence-electron chi connectivity index (χ1n) is 8.47. The van der Waals surface area contributed by atoms with E-state index >= 15 is 0 Å². The number of likely N-dealkylation sites (tertiary alicyclic amines) is 1. The molecule has 1 heterocycles. The van der Waals surface area contributed by atoms with Gasteiger partial charge in [-0.05, 0) is 30.9 Å². The van der Waals surface area contributed by atoms with Gasteiger partial charge < -0.3 is 15.4 Å². The van der Waals surface area contributed by atoms with Crippen LogP contribution in [0.25, 0.3) is 0 Å². The van der Waals surface area contributed by atoms with E-state index in [1.807, 2.05) is 35.2 Å². The topological polar surface area (TPSA) is 55.6 Å². The van der Waals surface area contributed by atoms with Crippen molar-refractivity contribution >= 4 is 5.91 Å². The average Bonchev–Trinajstić information content (AvgIpc) is 2.94. The summed E-state index contributed by atoms with van der Waals surface area (Å²) in [6, 6.07) is 10.2. The Morgan fingerprint density at radius 3 is 2.50 bits per heavy atom. The van der Waals surface area contributed by atoms with Gasteiger partial charge >= 0.3 is 0 Å². The van der Waals surface area contributed by atoms with E-state index < -0.39 is 0 Å². The zero-order valence-electron chi connectivity index (χ0n) is 13.1. The highest BCUT2D eigenvalue weighted by atomic mass is 16.5. The molecule has 22 heavy (non-hydrogen) atoms. The van der Waals surface area contributed by atoms with Crippen molar-refractivity contribution in [3.05, 3.63) is 30.3 Å². The van der Waals surface area contributed by atoms with Gasteiger partial charge in [0.25, 0.3) is 0 Å². The SMILES string of the molecule is N[C@@H]1CCC[C@H]1CC(=O)N1CCC(Oc2ccccc2)CC1. The van der Waals surface area contributed by atoms with E-state index in [9.17, 15) is 4.79 Å². The first-order valence-corrected chi connectivity index (χ1v) is 8.47. The van der Waals surface area contributed by atoms with E-state index in [0.717, 1.165) is 44.5 Å². The van der Waals surface area contributed by atoms with Crippen molar-refractivity contribution < 1.29 is 9.53 Å². The Labute approximate surface area is 132 Å². The number of nitrogens with zero attached hydrogens (tertiary/aromatic N) is 1. The molecule has 1 aromatic rings. The number of amides is 1. The van der Waals surface area contributed by atoms with Crippen LogP contribution in [0.5, 0.6) is 5.75 Å². The van der Waals surface area contributed by atoms with Gasteiger partial charge in [-0.3, -0.25) is 4.79 Å². The molecule has 3 rings (SSSR count). The Morgan fingerprint density at radius 1 is 1.14 bits per heavy atom. The number of hydrogen-bond acceptors (Lipinski definition) is 3. The molecule has 1 amide bonds. The Bertz CT molecular complexity index is 483. The van der Waals surface area contributed by atoms with E-state index in [0.29, 0.717) is 12.3 Å². The van der Waals surface area contributed by atoms with Crippen LogP contribution in [0.15, 0.2) is 30.3 Å². The van der Waals surface area contributed by atoms with E-state index in [-0.39, 0.29) is 18.1 Å². The standard InChI is InChI=1S/C18H26N2O2/c19-17-8-4-5-14(17)13-18(21)20-11-9-16(10-12-20)22-15-6-2-1-3-7-15/h1-3,6-7,14,16-17H,4-5,8-13,19H2/t14-,17+/m0/s1. The Balaban J connectivity index is 1.44. The normalized spacial score (nSPS) is 26.1. The summed E-state index contributed by atoms with van der Waals surface area (Å²) in [5, 5.41) is 0. The van der Waals surface area contributed by atoms with Crippen molar-refractivity contribution in [1.82, 2.24) is 4.90 Å². The van der Waals surface area contributed by atoms with Crippen molar-refractivity contribution in [1.29, 1.82) is 0 Å². The van der Waals surface area contributed by atoms with E-state index in [4.69, 9.17) is 10.5 Å². The minimum atomic E-state index is 0.222. The van der Waals surface area contributed by atoms with Crippen molar-refractivity contribution in [3.8, 4) is 5.75 Å². The molecule has 2 aliphatic rings. The average molecular weight is 302 g/mol. The first kappa shape index (κ1) is 15.3. The van der Waals surface area contributed by atoms with Crippen molar-refractivity contribution in [3.63, 3.8) is 0 Å². The second kappa shape index (κ2) is 7.14. The lowest BCUT2D eigenvalue weighted by Gasteiger charge is -2.33. The molecule has 1 aliphatic heterocycles. The minimum Gasteiger partial charge on any atom is -0.490 e. The molecule has 2 N–H and O–H groups in total. The van der Waals surface area contributed by atoms with Gasteiger partial charge in [0.1, 0.15) is 11.9 Å². The smallest absolute Gasteiger partial charge is 0.222 e. The van der Waals surface area contributed by atoms with Crippen LogP contribution >= 0.6 is 0 Å². The van der Waals surface area contributed by atoms with Gasteiger partial charge in [0.05, 0.1) is 0 Å². The second-order valence-electron chi connectivity index (χ2n) is 6.57. The maximum absolute atomic E-state index is 12.4. The molecular formula is C18H26N2O2. The third kappa shape index (κ3) is 3.80. The van der Waals surface area contributed by atoms with Gasteiger partial charge in [-0.25, -0.2) is 0 Å². The summed E-state index contributed by atoms with van der Waals surface area (Å²) < 4.78 is 5.98. The molecule has 0 aromatic heterocycles. The minimum absolute atomic E-state index is 0.222. The van der Waals surface area contributed by atoms with Gasteiger partial charge in [-0.2, -0.15) is 0 Å². The Morgan fingerprint density at radius 2 is 1.86 bits per heavy atom. The predicted molar refractivity (Wildman–Crippen MR) is 86.6 cm³/mol. The maximum Gasteiger partial charge on any atom is 0.222 e. The van der Waals surface area contributed by atoms with Crippen LogP contribution < -0.4 is 10.5 Å². The fourth-order valence-electron chi connectivity index (χ4n) is 3.59. The third-order valence-corrected chi connectivity index (χ3v) is 5.00. The summed E-state index contributed by atoms with van der Waals surface area (Å²) in [6.45, 7) is 1.61. The van der Waals surface area contributed by atoms with Crippen LogP contribution in [0, 0.1) is 5.92 Å². The number of nitrogens with two attached hydrogens (primary N) is 1. The number of carbonyl (C=O) groups excluding carboxylic acids is 1. The molecule has 120 valence electrons. The molecule has 1 saturated carbocycles. The molecule has 2 fully saturated rings.